The van der Waals surface area contributed by atoms with Crippen LogP contribution in [-0.2, 0) is 4.74 Å². The molecule has 0 bridgehead atoms. The second-order valence-electron chi connectivity index (χ2n) is 12.5. The third kappa shape index (κ3) is 7.61. The van der Waals surface area contributed by atoms with Crippen molar-refractivity contribution in [1.29, 1.82) is 0 Å². The van der Waals surface area contributed by atoms with Gasteiger partial charge in [0, 0.05) is 45.2 Å². The van der Waals surface area contributed by atoms with Crippen LogP contribution in [0.15, 0.2) is 109 Å². The van der Waals surface area contributed by atoms with Gasteiger partial charge in [-0.05, 0) is 129 Å². The van der Waals surface area contributed by atoms with E-state index in [1.165, 1.54) is 0 Å². The summed E-state index contributed by atoms with van der Waals surface area (Å²) in [5.74, 6) is -1.01. The monoisotopic (exact) mass is 697 g/mol. The summed E-state index contributed by atoms with van der Waals surface area (Å²) in [6.45, 7) is 7.67. The Balaban J connectivity index is 1.19. The third-order valence-corrected chi connectivity index (χ3v) is 9.08. The topological polar surface area (TPSA) is 105 Å². The molecule has 0 aliphatic carbocycles. The van der Waals surface area contributed by atoms with E-state index >= 15 is 0 Å². The van der Waals surface area contributed by atoms with Crippen LogP contribution in [-0.4, -0.2) is 30.2 Å². The highest BCUT2D eigenvalue weighted by Crippen LogP contribution is 2.36. The average molecular weight is 698 g/mol. The highest BCUT2D eigenvalue weighted by atomic mass is 35.5. The molecule has 5 aromatic rings. The minimum absolute atomic E-state index is 0.228. The number of esters is 1. The molecule has 51 heavy (non-hydrogen) atoms. The summed E-state index contributed by atoms with van der Waals surface area (Å²) in [7, 11) is 0. The number of nitrogens with one attached hydrogen (secondary N) is 2. The number of nitrogens with zero attached hydrogens (tertiary/aromatic N) is 1. The molecule has 9 heteroatoms. The number of carbonyl (C=O) groups is 4. The van der Waals surface area contributed by atoms with Gasteiger partial charge in [-0.3, -0.25) is 14.4 Å². The maximum Gasteiger partial charge on any atom is 0.343 e. The van der Waals surface area contributed by atoms with E-state index in [4.69, 9.17) is 16.3 Å². The van der Waals surface area contributed by atoms with Gasteiger partial charge in [-0.2, -0.15) is 0 Å². The van der Waals surface area contributed by atoms with E-state index in [9.17, 15) is 19.2 Å². The van der Waals surface area contributed by atoms with Crippen LogP contribution in [0.1, 0.15) is 75.7 Å². The van der Waals surface area contributed by atoms with Crippen molar-refractivity contribution in [2.24, 2.45) is 0 Å². The largest absolute Gasteiger partial charge is 0.423 e. The molecule has 5 aromatic carbocycles. The van der Waals surface area contributed by atoms with Crippen LogP contribution >= 0.6 is 11.6 Å². The molecule has 0 saturated heterocycles. The van der Waals surface area contributed by atoms with Crippen molar-refractivity contribution in [2.45, 2.75) is 34.1 Å². The Bertz CT molecular complexity index is 2240. The number of ether oxygens (including phenoxy) is 1. The fraction of sp³-hybridized carbons (Fsp3) is 0.143. The second kappa shape index (κ2) is 14.9. The van der Waals surface area contributed by atoms with Gasteiger partial charge < -0.3 is 20.3 Å². The van der Waals surface area contributed by atoms with Crippen molar-refractivity contribution in [1.82, 2.24) is 0 Å². The molecule has 0 saturated carbocycles. The van der Waals surface area contributed by atoms with Crippen LogP contribution in [0.3, 0.4) is 0 Å². The molecule has 6 rings (SSSR count). The molecule has 3 amide bonds. The molecule has 0 spiro atoms. The predicted octanol–water partition coefficient (Wildman–Crippen LogP) is 9.33. The quantitative estimate of drug-likeness (QED) is 0.165. The number of carbonyl (C=O) groups excluding carboxylic acids is 4. The van der Waals surface area contributed by atoms with E-state index in [0.717, 1.165) is 11.1 Å². The van der Waals surface area contributed by atoms with Crippen molar-refractivity contribution in [3.8, 4) is 0 Å². The standard InChI is InChI=1S/C42H36ClN3O5/c1-25-10-5-7-12-32(25)39(47)44-30-16-18-34(27(3)22-30)41(49)46-21-9-14-38(36-24-29(43)15-20-37(36)46)51-42(50)35-19-17-31(23-28(35)4)45-40(48)33-13-8-6-11-26(33)2/h5-8,10-20,22-24H,9,21H2,1-4H3,(H,44,47)(H,45,48). The normalized spacial score (nSPS) is 12.3. The van der Waals surface area contributed by atoms with E-state index in [1.807, 2.05) is 57.2 Å². The Morgan fingerprint density at radius 2 is 1.18 bits per heavy atom. The molecular formula is C42H36ClN3O5. The van der Waals surface area contributed by atoms with Gasteiger partial charge in [0.1, 0.15) is 5.76 Å². The fourth-order valence-corrected chi connectivity index (χ4v) is 6.28. The zero-order valence-corrected chi connectivity index (χ0v) is 29.4. The van der Waals surface area contributed by atoms with Gasteiger partial charge in [-0.15, -0.1) is 0 Å². The maximum atomic E-state index is 14.1. The number of benzene rings is 5. The molecule has 0 atom stereocenters. The molecule has 8 nitrogen and oxygen atoms in total. The summed E-state index contributed by atoms with van der Waals surface area (Å²) in [4.78, 5) is 55.0. The molecule has 2 N–H and O–H groups in total. The van der Waals surface area contributed by atoms with Crippen LogP contribution < -0.4 is 15.5 Å². The SMILES string of the molecule is Cc1ccccc1C(=O)Nc1ccc(C(=O)OC2=CCCN(C(=O)c3ccc(NC(=O)c4ccccc4C)cc3C)c3ccc(Cl)cc32)c(C)c1. The first kappa shape index (κ1) is 34.9. The number of hydrogen-bond acceptors (Lipinski definition) is 5. The van der Waals surface area contributed by atoms with Crippen molar-refractivity contribution in [2.75, 3.05) is 22.1 Å². The number of hydrogen-bond donors (Lipinski definition) is 2. The Hall–Kier alpha value is -5.99. The predicted molar refractivity (Wildman–Crippen MR) is 202 cm³/mol. The second-order valence-corrected chi connectivity index (χ2v) is 12.9. The van der Waals surface area contributed by atoms with Crippen molar-refractivity contribution < 1.29 is 23.9 Å². The lowest BCUT2D eigenvalue weighted by molar-refractivity contribution is 0.0690. The van der Waals surface area contributed by atoms with E-state index in [1.54, 1.807) is 84.6 Å². The Kier molecular flexibility index (Phi) is 10.2. The van der Waals surface area contributed by atoms with Gasteiger partial charge in [0.2, 0.25) is 0 Å². The molecule has 1 aliphatic heterocycles. The molecule has 1 heterocycles. The number of halogens is 1. The summed E-state index contributed by atoms with van der Waals surface area (Å²) in [6, 6.07) is 30.0. The van der Waals surface area contributed by atoms with Crippen LogP contribution in [0.25, 0.3) is 5.76 Å². The zero-order chi connectivity index (χ0) is 36.2. The number of amides is 3. The van der Waals surface area contributed by atoms with Gasteiger partial charge in [0.15, 0.2) is 0 Å². The number of anilines is 3. The first-order chi connectivity index (χ1) is 24.5. The number of fused-ring (bicyclic) bond motifs is 1. The summed E-state index contributed by atoms with van der Waals surface area (Å²) < 4.78 is 5.98. The van der Waals surface area contributed by atoms with Gasteiger partial charge >= 0.3 is 5.97 Å². The smallest absolute Gasteiger partial charge is 0.343 e. The van der Waals surface area contributed by atoms with Crippen molar-refractivity contribution >= 4 is 58.1 Å². The minimum atomic E-state index is -0.583. The third-order valence-electron chi connectivity index (χ3n) is 8.84. The Morgan fingerprint density at radius 1 is 0.627 bits per heavy atom. The molecule has 256 valence electrons. The van der Waals surface area contributed by atoms with E-state index in [0.29, 0.717) is 74.0 Å². The highest BCUT2D eigenvalue weighted by Gasteiger charge is 2.27. The molecular weight excluding hydrogens is 662 g/mol. The fourth-order valence-electron chi connectivity index (χ4n) is 6.11. The van der Waals surface area contributed by atoms with Crippen LogP contribution in [0, 0.1) is 27.7 Å². The average Bonchev–Trinajstić information content (AvgIpc) is 3.27. The first-order valence-corrected chi connectivity index (χ1v) is 16.9. The first-order valence-electron chi connectivity index (χ1n) is 16.5. The number of aryl methyl sites for hydroxylation is 4. The molecule has 0 aromatic heterocycles. The maximum absolute atomic E-state index is 14.1. The van der Waals surface area contributed by atoms with E-state index < -0.39 is 5.97 Å². The Morgan fingerprint density at radius 3 is 1.73 bits per heavy atom. The summed E-state index contributed by atoms with van der Waals surface area (Å²) in [5.41, 5.74) is 7.15. The lowest BCUT2D eigenvalue weighted by atomic mass is 10.0. The van der Waals surface area contributed by atoms with Crippen LogP contribution in [0.2, 0.25) is 5.02 Å². The zero-order valence-electron chi connectivity index (χ0n) is 28.7. The molecule has 1 aliphatic rings. The highest BCUT2D eigenvalue weighted by molar-refractivity contribution is 6.31. The molecule has 0 fully saturated rings. The van der Waals surface area contributed by atoms with Gasteiger partial charge in [-0.25, -0.2) is 4.79 Å². The summed E-state index contributed by atoms with van der Waals surface area (Å²) in [5, 5.41) is 6.24. The summed E-state index contributed by atoms with van der Waals surface area (Å²) in [6.07, 6.45) is 2.19. The van der Waals surface area contributed by atoms with E-state index in [-0.39, 0.29) is 23.5 Å². The van der Waals surface area contributed by atoms with Crippen molar-refractivity contribution in [3.63, 3.8) is 0 Å². The minimum Gasteiger partial charge on any atom is -0.423 e. The Labute approximate surface area is 301 Å². The van der Waals surface area contributed by atoms with Gasteiger partial charge in [0.25, 0.3) is 17.7 Å². The lowest BCUT2D eigenvalue weighted by Gasteiger charge is -2.24. The lowest BCUT2D eigenvalue weighted by Crippen LogP contribution is -2.32. The molecule has 0 unspecified atom stereocenters. The molecule has 0 radical (unpaired) electrons. The van der Waals surface area contributed by atoms with E-state index in [2.05, 4.69) is 10.6 Å². The summed E-state index contributed by atoms with van der Waals surface area (Å²) >= 11 is 6.43. The van der Waals surface area contributed by atoms with Gasteiger partial charge in [-0.1, -0.05) is 48.0 Å². The van der Waals surface area contributed by atoms with Crippen LogP contribution in [0.4, 0.5) is 17.1 Å². The van der Waals surface area contributed by atoms with Crippen LogP contribution in [0.5, 0.6) is 0 Å². The van der Waals surface area contributed by atoms with Crippen molar-refractivity contribution in [3.05, 3.63) is 164 Å². The van der Waals surface area contributed by atoms with Gasteiger partial charge in [0.05, 0.1) is 11.3 Å². The number of rotatable bonds is 7.